The lowest BCUT2D eigenvalue weighted by Gasteiger charge is -2.20. The van der Waals surface area contributed by atoms with Crippen molar-refractivity contribution in [3.8, 4) is 5.75 Å². The van der Waals surface area contributed by atoms with Crippen molar-refractivity contribution in [2.45, 2.75) is 26.1 Å². The summed E-state index contributed by atoms with van der Waals surface area (Å²) in [6.07, 6.45) is 0. The van der Waals surface area contributed by atoms with Crippen molar-refractivity contribution in [2.75, 3.05) is 33.4 Å². The minimum absolute atomic E-state index is 0.285. The molecule has 0 aliphatic carbocycles. The Morgan fingerprint density at radius 2 is 2.11 bits per heavy atom. The van der Waals surface area contributed by atoms with E-state index in [2.05, 4.69) is 15.6 Å². The van der Waals surface area contributed by atoms with Crippen LogP contribution in [0.4, 0.5) is 0 Å². The van der Waals surface area contributed by atoms with E-state index in [1.165, 1.54) is 11.3 Å². The van der Waals surface area contributed by atoms with Crippen LogP contribution in [0.15, 0.2) is 46.8 Å². The van der Waals surface area contributed by atoms with Crippen molar-refractivity contribution in [1.29, 1.82) is 0 Å². The highest BCUT2D eigenvalue weighted by atomic mass is 32.1. The van der Waals surface area contributed by atoms with Crippen molar-refractivity contribution in [2.24, 2.45) is 4.99 Å². The molecule has 0 amide bonds. The van der Waals surface area contributed by atoms with E-state index in [1.807, 2.05) is 48.7 Å². The normalized spacial score (nSPS) is 13.9. The second-order valence-corrected chi connectivity index (χ2v) is 7.22. The topological polar surface area (TPSA) is 75.1 Å². The molecule has 0 radical (unpaired) electrons. The number of aliphatic imine (C=N–C) groups is 1. The van der Waals surface area contributed by atoms with Crippen LogP contribution in [0.25, 0.3) is 0 Å². The Hall–Kier alpha value is -2.09. The molecular formula is C20H29N3O3S. The van der Waals surface area contributed by atoms with Gasteiger partial charge >= 0.3 is 0 Å². The van der Waals surface area contributed by atoms with Gasteiger partial charge in [0.1, 0.15) is 11.4 Å². The Morgan fingerprint density at radius 1 is 1.26 bits per heavy atom. The van der Waals surface area contributed by atoms with Gasteiger partial charge in [0.05, 0.1) is 26.9 Å². The van der Waals surface area contributed by atoms with E-state index in [9.17, 15) is 5.11 Å². The van der Waals surface area contributed by atoms with Crippen LogP contribution in [-0.2, 0) is 16.9 Å². The smallest absolute Gasteiger partial charge is 0.191 e. The first-order valence-electron chi connectivity index (χ1n) is 9.04. The van der Waals surface area contributed by atoms with Crippen LogP contribution in [0.1, 0.15) is 24.3 Å². The van der Waals surface area contributed by atoms with Crippen LogP contribution < -0.4 is 15.4 Å². The number of hydrogen-bond acceptors (Lipinski definition) is 5. The highest BCUT2D eigenvalue weighted by Gasteiger charge is 2.23. The maximum Gasteiger partial charge on any atom is 0.191 e. The second kappa shape index (κ2) is 10.9. The van der Waals surface area contributed by atoms with E-state index in [-0.39, 0.29) is 6.54 Å². The van der Waals surface area contributed by atoms with Crippen molar-refractivity contribution < 1.29 is 14.6 Å². The molecule has 6 nitrogen and oxygen atoms in total. The largest absolute Gasteiger partial charge is 0.497 e. The summed E-state index contributed by atoms with van der Waals surface area (Å²) in [5.41, 5.74) is 0.0984. The molecule has 2 rings (SSSR count). The van der Waals surface area contributed by atoms with Gasteiger partial charge in [0.15, 0.2) is 5.96 Å². The molecule has 1 aromatic carbocycles. The predicted octanol–water partition coefficient (Wildman–Crippen LogP) is 2.74. The standard InChI is InChI=1S/C20H29N3O3S/c1-4-21-19(23-15-20(2,24)18-9-6-12-27-18)22-10-11-26-14-16-7-5-8-17(13-16)25-3/h5-9,12-13,24H,4,10-11,14-15H2,1-3H3,(H2,21,22,23). The molecule has 148 valence electrons. The molecule has 1 heterocycles. The lowest BCUT2D eigenvalue weighted by atomic mass is 10.1. The molecule has 0 spiro atoms. The summed E-state index contributed by atoms with van der Waals surface area (Å²) in [6.45, 7) is 6.52. The summed E-state index contributed by atoms with van der Waals surface area (Å²) in [6, 6.07) is 11.7. The van der Waals surface area contributed by atoms with E-state index in [0.29, 0.717) is 25.7 Å². The third kappa shape index (κ3) is 7.21. The van der Waals surface area contributed by atoms with Crippen LogP contribution >= 0.6 is 11.3 Å². The fraction of sp³-hybridized carbons (Fsp3) is 0.450. The van der Waals surface area contributed by atoms with E-state index < -0.39 is 5.60 Å². The van der Waals surface area contributed by atoms with Gasteiger partial charge in [0, 0.05) is 18.0 Å². The number of ether oxygens (including phenoxy) is 2. The number of guanidine groups is 1. The minimum atomic E-state index is -0.973. The maximum atomic E-state index is 10.6. The third-order valence-corrected chi connectivity index (χ3v) is 5.01. The molecule has 0 bridgehead atoms. The van der Waals surface area contributed by atoms with Crippen LogP contribution in [-0.4, -0.2) is 44.4 Å². The van der Waals surface area contributed by atoms with Gasteiger partial charge < -0.3 is 25.2 Å². The second-order valence-electron chi connectivity index (χ2n) is 6.28. The fourth-order valence-corrected chi connectivity index (χ4v) is 3.21. The third-order valence-electron chi connectivity index (χ3n) is 3.88. The van der Waals surface area contributed by atoms with Crippen molar-refractivity contribution in [3.05, 3.63) is 52.2 Å². The number of rotatable bonds is 10. The highest BCUT2D eigenvalue weighted by molar-refractivity contribution is 7.10. The number of nitrogens with one attached hydrogen (secondary N) is 2. The minimum Gasteiger partial charge on any atom is -0.497 e. The first-order valence-corrected chi connectivity index (χ1v) is 9.92. The van der Waals surface area contributed by atoms with Gasteiger partial charge in [-0.15, -0.1) is 11.3 Å². The highest BCUT2D eigenvalue weighted by Crippen LogP contribution is 2.25. The Morgan fingerprint density at radius 3 is 2.81 bits per heavy atom. The van der Waals surface area contributed by atoms with Gasteiger partial charge in [-0.05, 0) is 43.0 Å². The van der Waals surface area contributed by atoms with Gasteiger partial charge in [0.25, 0.3) is 0 Å². The average Bonchev–Trinajstić information content (AvgIpc) is 3.22. The quantitative estimate of drug-likeness (QED) is 0.330. The van der Waals surface area contributed by atoms with Gasteiger partial charge in [-0.25, -0.2) is 4.99 Å². The molecule has 0 aliphatic heterocycles. The number of thiophene rings is 1. The Kier molecular flexibility index (Phi) is 8.57. The lowest BCUT2D eigenvalue weighted by molar-refractivity contribution is 0.0711. The summed E-state index contributed by atoms with van der Waals surface area (Å²) >= 11 is 1.53. The first-order chi connectivity index (χ1) is 13.0. The summed E-state index contributed by atoms with van der Waals surface area (Å²) in [5, 5.41) is 19.0. The molecule has 1 unspecified atom stereocenters. The summed E-state index contributed by atoms with van der Waals surface area (Å²) < 4.78 is 10.9. The van der Waals surface area contributed by atoms with Gasteiger partial charge in [-0.2, -0.15) is 0 Å². The van der Waals surface area contributed by atoms with E-state index in [1.54, 1.807) is 14.0 Å². The molecule has 0 fully saturated rings. The van der Waals surface area contributed by atoms with Gasteiger partial charge in [0.2, 0.25) is 0 Å². The zero-order valence-corrected chi connectivity index (χ0v) is 17.0. The van der Waals surface area contributed by atoms with Crippen LogP contribution in [0.3, 0.4) is 0 Å². The molecule has 1 atom stereocenters. The number of benzene rings is 1. The predicted molar refractivity (Wildman–Crippen MR) is 111 cm³/mol. The molecular weight excluding hydrogens is 362 g/mol. The SMILES string of the molecule is CCNC(=NCC(C)(O)c1cccs1)NCCOCc1cccc(OC)c1. The molecule has 0 saturated carbocycles. The summed E-state index contributed by atoms with van der Waals surface area (Å²) in [5.74, 6) is 1.49. The van der Waals surface area contributed by atoms with Crippen LogP contribution in [0.2, 0.25) is 0 Å². The lowest BCUT2D eigenvalue weighted by Crippen LogP contribution is -2.40. The monoisotopic (exact) mass is 391 g/mol. The summed E-state index contributed by atoms with van der Waals surface area (Å²) in [7, 11) is 1.65. The molecule has 2 aromatic rings. The van der Waals surface area contributed by atoms with Crippen LogP contribution in [0, 0.1) is 0 Å². The number of aliphatic hydroxyl groups is 1. The maximum absolute atomic E-state index is 10.6. The Balaban J connectivity index is 1.76. The number of methoxy groups -OCH3 is 1. The zero-order chi connectivity index (χ0) is 19.5. The van der Waals surface area contributed by atoms with Crippen molar-refractivity contribution >= 4 is 17.3 Å². The fourth-order valence-electron chi connectivity index (χ4n) is 2.43. The number of nitrogens with zero attached hydrogens (tertiary/aromatic N) is 1. The number of hydrogen-bond donors (Lipinski definition) is 3. The van der Waals surface area contributed by atoms with E-state index in [4.69, 9.17) is 9.47 Å². The first kappa shape index (κ1) is 21.2. The van der Waals surface area contributed by atoms with Gasteiger partial charge in [-0.1, -0.05) is 18.2 Å². The molecule has 7 heteroatoms. The summed E-state index contributed by atoms with van der Waals surface area (Å²) in [4.78, 5) is 5.40. The molecule has 0 saturated heterocycles. The van der Waals surface area contributed by atoms with Crippen molar-refractivity contribution in [1.82, 2.24) is 10.6 Å². The van der Waals surface area contributed by atoms with E-state index >= 15 is 0 Å². The Bertz CT molecular complexity index is 702. The average molecular weight is 392 g/mol. The van der Waals surface area contributed by atoms with Gasteiger partial charge in [-0.3, -0.25) is 0 Å². The molecule has 1 aromatic heterocycles. The van der Waals surface area contributed by atoms with Crippen LogP contribution in [0.5, 0.6) is 5.75 Å². The molecule has 0 aliphatic rings. The Labute approximate surface area is 165 Å². The van der Waals surface area contributed by atoms with E-state index in [0.717, 1.165) is 22.7 Å². The van der Waals surface area contributed by atoms with Crippen molar-refractivity contribution in [3.63, 3.8) is 0 Å². The zero-order valence-electron chi connectivity index (χ0n) is 16.2. The molecule has 3 N–H and O–H groups in total. The molecule has 27 heavy (non-hydrogen) atoms.